The first-order valence-corrected chi connectivity index (χ1v) is 5.74. The van der Waals surface area contributed by atoms with E-state index in [1.807, 2.05) is 0 Å². The normalized spacial score (nSPS) is 12.3. The molecule has 0 saturated heterocycles. The van der Waals surface area contributed by atoms with Crippen LogP contribution in [-0.2, 0) is 16.0 Å². The van der Waals surface area contributed by atoms with Gasteiger partial charge in [0.05, 0.1) is 13.0 Å². The topological polar surface area (TPSA) is 83.8 Å². The standard InChI is InChI=1S/C14H16O5/c1-9(14(17)18)12-7-6-11(19-2)8-10(12)4-3-5-13(15)16/h3,5-9H,4H2,1-2H3,(H,15,16)(H,17,18). The maximum atomic E-state index is 11.0. The van der Waals surface area contributed by atoms with Gasteiger partial charge >= 0.3 is 11.9 Å². The summed E-state index contributed by atoms with van der Waals surface area (Å²) < 4.78 is 5.09. The van der Waals surface area contributed by atoms with Crippen LogP contribution in [0, 0.1) is 0 Å². The number of allylic oxidation sites excluding steroid dienone is 1. The monoisotopic (exact) mass is 264 g/mol. The molecule has 0 radical (unpaired) electrons. The molecule has 5 heteroatoms. The number of hydrogen-bond donors (Lipinski definition) is 2. The second-order valence-corrected chi connectivity index (χ2v) is 4.07. The Morgan fingerprint density at radius 1 is 1.37 bits per heavy atom. The van der Waals surface area contributed by atoms with Crippen LogP contribution in [0.15, 0.2) is 30.4 Å². The molecule has 1 rings (SSSR count). The number of methoxy groups -OCH3 is 1. The lowest BCUT2D eigenvalue weighted by atomic mass is 9.93. The van der Waals surface area contributed by atoms with Crippen molar-refractivity contribution in [2.45, 2.75) is 19.3 Å². The molecule has 0 aliphatic carbocycles. The summed E-state index contributed by atoms with van der Waals surface area (Å²) in [7, 11) is 1.52. The molecule has 0 aliphatic heterocycles. The van der Waals surface area contributed by atoms with E-state index in [9.17, 15) is 9.59 Å². The summed E-state index contributed by atoms with van der Waals surface area (Å²) in [4.78, 5) is 21.5. The highest BCUT2D eigenvalue weighted by atomic mass is 16.5. The van der Waals surface area contributed by atoms with Crippen molar-refractivity contribution in [1.82, 2.24) is 0 Å². The molecule has 102 valence electrons. The van der Waals surface area contributed by atoms with Gasteiger partial charge in [0.2, 0.25) is 0 Å². The van der Waals surface area contributed by atoms with E-state index in [2.05, 4.69) is 0 Å². The van der Waals surface area contributed by atoms with Crippen LogP contribution in [0.2, 0.25) is 0 Å². The van der Waals surface area contributed by atoms with Gasteiger partial charge in [0.25, 0.3) is 0 Å². The van der Waals surface area contributed by atoms with Crippen molar-refractivity contribution in [1.29, 1.82) is 0 Å². The molecule has 0 aromatic heterocycles. The zero-order chi connectivity index (χ0) is 14.4. The van der Waals surface area contributed by atoms with Crippen LogP contribution in [0.1, 0.15) is 24.0 Å². The fraction of sp³-hybridized carbons (Fsp3) is 0.286. The molecule has 1 aromatic rings. The van der Waals surface area contributed by atoms with Crippen molar-refractivity contribution in [3.05, 3.63) is 41.5 Å². The number of rotatable bonds is 6. The van der Waals surface area contributed by atoms with Gasteiger partial charge in [0.1, 0.15) is 5.75 Å². The molecule has 19 heavy (non-hydrogen) atoms. The Kier molecular flexibility index (Phi) is 5.11. The first kappa shape index (κ1) is 14.8. The molecule has 1 atom stereocenters. The smallest absolute Gasteiger partial charge is 0.327 e. The third kappa shape index (κ3) is 4.13. The van der Waals surface area contributed by atoms with E-state index in [4.69, 9.17) is 14.9 Å². The third-order valence-corrected chi connectivity index (χ3v) is 2.79. The van der Waals surface area contributed by atoms with Gasteiger partial charge in [0, 0.05) is 6.08 Å². The summed E-state index contributed by atoms with van der Waals surface area (Å²) in [6, 6.07) is 5.11. The van der Waals surface area contributed by atoms with E-state index in [0.717, 1.165) is 11.6 Å². The Balaban J connectivity index is 3.08. The Hall–Kier alpha value is -2.30. The number of hydrogen-bond acceptors (Lipinski definition) is 3. The lowest BCUT2D eigenvalue weighted by molar-refractivity contribution is -0.138. The Bertz CT molecular complexity index is 505. The largest absolute Gasteiger partial charge is 0.497 e. The van der Waals surface area contributed by atoms with E-state index < -0.39 is 17.9 Å². The van der Waals surface area contributed by atoms with Gasteiger partial charge in [-0.3, -0.25) is 4.79 Å². The first-order valence-electron chi connectivity index (χ1n) is 5.74. The van der Waals surface area contributed by atoms with Gasteiger partial charge < -0.3 is 14.9 Å². The molecular weight excluding hydrogens is 248 g/mol. The molecule has 0 spiro atoms. The summed E-state index contributed by atoms with van der Waals surface area (Å²) in [5.41, 5.74) is 1.40. The number of benzene rings is 1. The van der Waals surface area contributed by atoms with E-state index in [1.54, 1.807) is 25.1 Å². The van der Waals surface area contributed by atoms with Crippen molar-refractivity contribution in [2.24, 2.45) is 0 Å². The van der Waals surface area contributed by atoms with Crippen molar-refractivity contribution in [3.63, 3.8) is 0 Å². The summed E-state index contributed by atoms with van der Waals surface area (Å²) in [5.74, 6) is -2.00. The SMILES string of the molecule is COc1ccc(C(C)C(=O)O)c(CC=CC(=O)O)c1. The molecule has 0 fully saturated rings. The predicted molar refractivity (Wildman–Crippen MR) is 69.5 cm³/mol. The number of ether oxygens (including phenoxy) is 1. The van der Waals surface area contributed by atoms with Crippen LogP contribution in [0.4, 0.5) is 0 Å². The minimum atomic E-state index is -1.03. The Morgan fingerprint density at radius 3 is 2.58 bits per heavy atom. The highest BCUT2D eigenvalue weighted by molar-refractivity contribution is 5.80. The molecule has 0 heterocycles. The third-order valence-electron chi connectivity index (χ3n) is 2.79. The molecule has 0 bridgehead atoms. The van der Waals surface area contributed by atoms with Crippen molar-refractivity contribution in [2.75, 3.05) is 7.11 Å². The average Bonchev–Trinajstić information content (AvgIpc) is 2.37. The van der Waals surface area contributed by atoms with Crippen LogP contribution < -0.4 is 4.74 Å². The first-order chi connectivity index (χ1) is 8.95. The molecule has 0 aliphatic rings. The number of carboxylic acids is 2. The maximum Gasteiger partial charge on any atom is 0.327 e. The number of carbonyl (C=O) groups is 2. The highest BCUT2D eigenvalue weighted by Crippen LogP contribution is 2.25. The van der Waals surface area contributed by atoms with Gasteiger partial charge in [-0.15, -0.1) is 0 Å². The fourth-order valence-electron chi connectivity index (χ4n) is 1.73. The summed E-state index contributed by atoms with van der Waals surface area (Å²) >= 11 is 0. The lowest BCUT2D eigenvalue weighted by Gasteiger charge is -2.13. The van der Waals surface area contributed by atoms with E-state index in [1.165, 1.54) is 13.2 Å². The fourth-order valence-corrected chi connectivity index (χ4v) is 1.73. The number of aliphatic carboxylic acids is 2. The zero-order valence-electron chi connectivity index (χ0n) is 10.8. The van der Waals surface area contributed by atoms with Crippen LogP contribution >= 0.6 is 0 Å². The van der Waals surface area contributed by atoms with Crippen molar-refractivity contribution < 1.29 is 24.5 Å². The molecular formula is C14H16O5. The molecule has 1 unspecified atom stereocenters. The Labute approximate surface area is 111 Å². The summed E-state index contributed by atoms with van der Waals surface area (Å²) in [6.45, 7) is 1.59. The quantitative estimate of drug-likeness (QED) is 0.768. The number of carboxylic acid groups (broad SMARTS) is 2. The van der Waals surface area contributed by atoms with E-state index in [0.29, 0.717) is 17.7 Å². The van der Waals surface area contributed by atoms with Gasteiger partial charge in [-0.25, -0.2) is 4.79 Å². The second kappa shape index (κ2) is 6.58. The predicted octanol–water partition coefficient (Wildman–Crippen LogP) is 2.07. The van der Waals surface area contributed by atoms with Gasteiger partial charge in [-0.1, -0.05) is 12.1 Å². The van der Waals surface area contributed by atoms with Gasteiger partial charge in [-0.05, 0) is 36.6 Å². The van der Waals surface area contributed by atoms with Crippen molar-refractivity contribution in [3.8, 4) is 5.75 Å². The molecule has 1 aromatic carbocycles. The van der Waals surface area contributed by atoms with Crippen LogP contribution in [-0.4, -0.2) is 29.3 Å². The molecule has 2 N–H and O–H groups in total. The maximum absolute atomic E-state index is 11.0. The van der Waals surface area contributed by atoms with Crippen LogP contribution in [0.25, 0.3) is 0 Å². The van der Waals surface area contributed by atoms with E-state index >= 15 is 0 Å². The van der Waals surface area contributed by atoms with E-state index in [-0.39, 0.29) is 0 Å². The van der Waals surface area contributed by atoms with Gasteiger partial charge in [-0.2, -0.15) is 0 Å². The molecule has 5 nitrogen and oxygen atoms in total. The highest BCUT2D eigenvalue weighted by Gasteiger charge is 2.17. The van der Waals surface area contributed by atoms with Crippen LogP contribution in [0.5, 0.6) is 5.75 Å². The Morgan fingerprint density at radius 2 is 2.05 bits per heavy atom. The molecule has 0 amide bonds. The molecule has 0 saturated carbocycles. The zero-order valence-corrected chi connectivity index (χ0v) is 10.8. The van der Waals surface area contributed by atoms with Crippen molar-refractivity contribution >= 4 is 11.9 Å². The minimum absolute atomic E-state index is 0.344. The summed E-state index contributed by atoms with van der Waals surface area (Å²) in [6.07, 6.45) is 2.86. The van der Waals surface area contributed by atoms with Crippen LogP contribution in [0.3, 0.4) is 0 Å². The minimum Gasteiger partial charge on any atom is -0.497 e. The van der Waals surface area contributed by atoms with Gasteiger partial charge in [0.15, 0.2) is 0 Å². The average molecular weight is 264 g/mol. The second-order valence-electron chi connectivity index (χ2n) is 4.07. The summed E-state index contributed by atoms with van der Waals surface area (Å²) in [5, 5.41) is 17.6. The lowest BCUT2D eigenvalue weighted by Crippen LogP contribution is -2.10.